The van der Waals surface area contributed by atoms with Crippen molar-refractivity contribution in [3.63, 3.8) is 0 Å². The third-order valence-electron chi connectivity index (χ3n) is 4.52. The smallest absolute Gasteiger partial charge is 0.279 e. The van der Waals surface area contributed by atoms with Crippen molar-refractivity contribution in [2.24, 2.45) is 5.92 Å². The Hall–Kier alpha value is -0.990. The molecule has 1 fully saturated rings. The Labute approximate surface area is 152 Å². The van der Waals surface area contributed by atoms with Gasteiger partial charge in [-0.05, 0) is 29.9 Å². The van der Waals surface area contributed by atoms with E-state index in [0.29, 0.717) is 18.9 Å². The molecular weight excluding hydrogens is 338 g/mol. The van der Waals surface area contributed by atoms with Crippen molar-refractivity contribution in [1.82, 2.24) is 13.9 Å². The Balaban J connectivity index is 1.88. The van der Waals surface area contributed by atoms with Crippen LogP contribution in [0, 0.1) is 5.92 Å². The summed E-state index contributed by atoms with van der Waals surface area (Å²) in [6, 6.07) is 8.20. The molecule has 0 unspecified atom stereocenters. The van der Waals surface area contributed by atoms with E-state index in [1.165, 1.54) is 25.2 Å². The monoisotopic (exact) mass is 369 g/mol. The maximum Gasteiger partial charge on any atom is 0.279 e. The van der Waals surface area contributed by atoms with Crippen LogP contribution < -0.4 is 4.72 Å². The molecule has 0 radical (unpaired) electrons. The van der Waals surface area contributed by atoms with E-state index < -0.39 is 22.4 Å². The largest absolute Gasteiger partial charge is 0.390 e. The number of hydrogen-bond donors (Lipinski definition) is 2. The number of aliphatic hydroxyl groups excluding tert-OH is 1. The lowest BCUT2D eigenvalue weighted by Crippen LogP contribution is -2.55. The second-order valence-corrected chi connectivity index (χ2v) is 9.43. The number of likely N-dealkylation sites (tertiary alicyclic amines) is 1. The molecule has 142 valence electrons. The normalized spacial score (nSPS) is 22.7. The zero-order valence-electron chi connectivity index (χ0n) is 15.6. The SMILES string of the molecule is CC(C)Cc1ccc(CN2CC[C@@H](NS(=O)(=O)N(C)C)[C@H](O)C2)cc1. The third-order valence-corrected chi connectivity index (χ3v) is 6.08. The summed E-state index contributed by atoms with van der Waals surface area (Å²) in [4.78, 5) is 2.17. The van der Waals surface area contributed by atoms with Gasteiger partial charge in [-0.1, -0.05) is 38.1 Å². The second kappa shape index (κ2) is 8.60. The molecule has 1 saturated heterocycles. The number of rotatable bonds is 7. The molecule has 6 nitrogen and oxygen atoms in total. The van der Waals surface area contributed by atoms with Gasteiger partial charge in [0, 0.05) is 33.7 Å². The van der Waals surface area contributed by atoms with Gasteiger partial charge in [0.25, 0.3) is 10.2 Å². The molecule has 0 spiro atoms. The highest BCUT2D eigenvalue weighted by atomic mass is 32.2. The van der Waals surface area contributed by atoms with Crippen LogP contribution in [0.15, 0.2) is 24.3 Å². The molecule has 1 aromatic rings. The quantitative estimate of drug-likeness (QED) is 0.758. The van der Waals surface area contributed by atoms with Crippen LogP contribution in [0.2, 0.25) is 0 Å². The van der Waals surface area contributed by atoms with Gasteiger partial charge in [0.2, 0.25) is 0 Å². The van der Waals surface area contributed by atoms with Gasteiger partial charge in [-0.15, -0.1) is 0 Å². The molecular formula is C18H31N3O3S. The highest BCUT2D eigenvalue weighted by Crippen LogP contribution is 2.17. The molecule has 0 aliphatic carbocycles. The molecule has 2 atom stereocenters. The van der Waals surface area contributed by atoms with Gasteiger partial charge in [-0.2, -0.15) is 17.4 Å². The summed E-state index contributed by atoms with van der Waals surface area (Å²) in [5.41, 5.74) is 2.56. The first-order chi connectivity index (χ1) is 11.7. The molecule has 1 aromatic carbocycles. The number of hydrogen-bond acceptors (Lipinski definition) is 4. The van der Waals surface area contributed by atoms with E-state index in [4.69, 9.17) is 0 Å². The lowest BCUT2D eigenvalue weighted by Gasteiger charge is -2.36. The third kappa shape index (κ3) is 6.04. The highest BCUT2D eigenvalue weighted by Gasteiger charge is 2.31. The van der Waals surface area contributed by atoms with E-state index in [1.54, 1.807) is 0 Å². The van der Waals surface area contributed by atoms with Gasteiger partial charge in [-0.3, -0.25) is 4.90 Å². The summed E-state index contributed by atoms with van der Waals surface area (Å²) >= 11 is 0. The molecule has 1 aliphatic heterocycles. The van der Waals surface area contributed by atoms with Crippen LogP contribution in [0.5, 0.6) is 0 Å². The summed E-state index contributed by atoms with van der Waals surface area (Å²) < 4.78 is 27.5. The fraction of sp³-hybridized carbons (Fsp3) is 0.667. The Kier molecular flexibility index (Phi) is 6.99. The van der Waals surface area contributed by atoms with Crippen LogP contribution in [-0.4, -0.2) is 62.1 Å². The van der Waals surface area contributed by atoms with Crippen LogP contribution in [-0.2, 0) is 23.2 Å². The fourth-order valence-corrected chi connectivity index (χ4v) is 3.95. The average Bonchev–Trinajstić information content (AvgIpc) is 2.51. The predicted octanol–water partition coefficient (Wildman–Crippen LogP) is 1.22. The van der Waals surface area contributed by atoms with E-state index in [-0.39, 0.29) is 0 Å². The van der Waals surface area contributed by atoms with Crippen molar-refractivity contribution >= 4 is 10.2 Å². The summed E-state index contributed by atoms with van der Waals surface area (Å²) in [5, 5.41) is 10.3. The van der Waals surface area contributed by atoms with Gasteiger partial charge in [-0.25, -0.2) is 0 Å². The average molecular weight is 370 g/mol. The molecule has 0 amide bonds. The number of nitrogens with zero attached hydrogens (tertiary/aromatic N) is 2. The Morgan fingerprint density at radius 1 is 1.24 bits per heavy atom. The summed E-state index contributed by atoms with van der Waals surface area (Å²) in [6.07, 6.45) is 0.972. The van der Waals surface area contributed by atoms with Crippen LogP contribution in [0.4, 0.5) is 0 Å². The van der Waals surface area contributed by atoms with E-state index >= 15 is 0 Å². The van der Waals surface area contributed by atoms with Gasteiger partial charge in [0.1, 0.15) is 0 Å². The minimum Gasteiger partial charge on any atom is -0.390 e. The number of aliphatic hydroxyl groups is 1. The van der Waals surface area contributed by atoms with Crippen LogP contribution in [0.3, 0.4) is 0 Å². The molecule has 2 N–H and O–H groups in total. The number of nitrogens with one attached hydrogen (secondary N) is 1. The first-order valence-corrected chi connectivity index (χ1v) is 10.3. The maximum atomic E-state index is 11.9. The molecule has 0 bridgehead atoms. The molecule has 0 saturated carbocycles. The summed E-state index contributed by atoms with van der Waals surface area (Å²) in [5.74, 6) is 0.644. The molecule has 7 heteroatoms. The van der Waals surface area contributed by atoms with Crippen LogP contribution in [0.1, 0.15) is 31.4 Å². The summed E-state index contributed by atoms with van der Waals surface area (Å²) in [7, 11) is -0.559. The topological polar surface area (TPSA) is 72.9 Å². The lowest BCUT2D eigenvalue weighted by atomic mass is 10.0. The van der Waals surface area contributed by atoms with Crippen LogP contribution >= 0.6 is 0 Å². The highest BCUT2D eigenvalue weighted by molar-refractivity contribution is 7.87. The van der Waals surface area contributed by atoms with Crippen molar-refractivity contribution in [1.29, 1.82) is 0 Å². The standard InChI is InChI=1S/C18H31N3O3S/c1-14(2)11-15-5-7-16(8-6-15)12-21-10-9-17(18(22)13-21)19-25(23,24)20(3)4/h5-8,14,17-19,22H,9-13H2,1-4H3/t17-,18-/m1/s1. The van der Waals surface area contributed by atoms with E-state index in [2.05, 4.69) is 47.7 Å². The number of β-amino-alcohol motifs (C(OH)–C–C–N with tert-alkyl or cyclic N) is 1. The van der Waals surface area contributed by atoms with E-state index in [9.17, 15) is 13.5 Å². The van der Waals surface area contributed by atoms with Crippen molar-refractivity contribution < 1.29 is 13.5 Å². The van der Waals surface area contributed by atoms with Gasteiger partial charge >= 0.3 is 0 Å². The molecule has 2 rings (SSSR count). The van der Waals surface area contributed by atoms with Crippen LogP contribution in [0.25, 0.3) is 0 Å². The minimum atomic E-state index is -3.52. The molecule has 25 heavy (non-hydrogen) atoms. The minimum absolute atomic E-state index is 0.433. The van der Waals surface area contributed by atoms with Gasteiger partial charge in [0.15, 0.2) is 0 Å². The van der Waals surface area contributed by atoms with E-state index in [1.807, 2.05) is 0 Å². The van der Waals surface area contributed by atoms with E-state index in [0.717, 1.165) is 23.8 Å². The zero-order valence-corrected chi connectivity index (χ0v) is 16.5. The van der Waals surface area contributed by atoms with Crippen molar-refractivity contribution in [3.8, 4) is 0 Å². The van der Waals surface area contributed by atoms with Crippen molar-refractivity contribution in [3.05, 3.63) is 35.4 Å². The first-order valence-electron chi connectivity index (χ1n) is 8.85. The summed E-state index contributed by atoms with van der Waals surface area (Å²) in [6.45, 7) is 6.42. The van der Waals surface area contributed by atoms with Crippen molar-refractivity contribution in [2.75, 3.05) is 27.2 Å². The van der Waals surface area contributed by atoms with Crippen molar-refractivity contribution in [2.45, 2.75) is 45.4 Å². The molecule has 1 aliphatic rings. The second-order valence-electron chi connectivity index (χ2n) is 7.52. The number of piperidine rings is 1. The lowest BCUT2D eigenvalue weighted by molar-refractivity contribution is 0.0441. The Morgan fingerprint density at radius 3 is 2.36 bits per heavy atom. The van der Waals surface area contributed by atoms with Gasteiger partial charge in [0.05, 0.1) is 12.1 Å². The van der Waals surface area contributed by atoms with Gasteiger partial charge < -0.3 is 5.11 Å². The number of benzene rings is 1. The Morgan fingerprint density at radius 2 is 1.84 bits per heavy atom. The maximum absolute atomic E-state index is 11.9. The first kappa shape index (κ1) is 20.3. The fourth-order valence-electron chi connectivity index (χ4n) is 3.09. The predicted molar refractivity (Wildman–Crippen MR) is 100 cm³/mol. The molecule has 1 heterocycles. The molecule has 0 aromatic heterocycles. The Bertz CT molecular complexity index is 644. The zero-order chi connectivity index (χ0) is 18.6.